The SMILES string of the molecule is CCCCc1ccc(-n2nc3cc(Cl)c(NC(=O)c4cccc(C)c4OC)cc3n2)cc1. The van der Waals surface area contributed by atoms with Gasteiger partial charge in [0.15, 0.2) is 0 Å². The summed E-state index contributed by atoms with van der Waals surface area (Å²) < 4.78 is 5.40. The number of anilines is 1. The summed E-state index contributed by atoms with van der Waals surface area (Å²) in [6.07, 6.45) is 3.41. The summed E-state index contributed by atoms with van der Waals surface area (Å²) in [5.41, 5.74) is 5.24. The fourth-order valence-corrected chi connectivity index (χ4v) is 3.82. The van der Waals surface area contributed by atoms with Crippen LogP contribution in [-0.4, -0.2) is 28.0 Å². The summed E-state index contributed by atoms with van der Waals surface area (Å²) in [6, 6.07) is 17.1. The summed E-state index contributed by atoms with van der Waals surface area (Å²) in [6.45, 7) is 4.08. The molecule has 1 aromatic heterocycles. The second-order valence-electron chi connectivity index (χ2n) is 7.69. The largest absolute Gasteiger partial charge is 0.496 e. The molecule has 1 N–H and O–H groups in total. The molecule has 4 aromatic rings. The zero-order chi connectivity index (χ0) is 22.7. The number of hydrogen-bond donors (Lipinski definition) is 1. The molecule has 4 rings (SSSR count). The fourth-order valence-electron chi connectivity index (χ4n) is 3.62. The zero-order valence-corrected chi connectivity index (χ0v) is 19.1. The lowest BCUT2D eigenvalue weighted by Gasteiger charge is -2.12. The lowest BCUT2D eigenvalue weighted by atomic mass is 10.1. The first-order valence-corrected chi connectivity index (χ1v) is 11.0. The number of fused-ring (bicyclic) bond motifs is 1. The Balaban J connectivity index is 1.60. The third-order valence-electron chi connectivity index (χ3n) is 5.36. The number of nitrogens with one attached hydrogen (secondary N) is 1. The third-order valence-corrected chi connectivity index (χ3v) is 5.68. The van der Waals surface area contributed by atoms with Gasteiger partial charge in [-0.15, -0.1) is 10.2 Å². The van der Waals surface area contributed by atoms with Crippen LogP contribution in [0.2, 0.25) is 5.02 Å². The summed E-state index contributed by atoms with van der Waals surface area (Å²) >= 11 is 6.44. The van der Waals surface area contributed by atoms with Crippen molar-refractivity contribution in [2.75, 3.05) is 12.4 Å². The molecular weight excluding hydrogens is 424 g/mol. The van der Waals surface area contributed by atoms with E-state index >= 15 is 0 Å². The second-order valence-corrected chi connectivity index (χ2v) is 8.10. The minimum atomic E-state index is -0.304. The molecule has 7 heteroatoms. The predicted octanol–water partition coefficient (Wildman–Crippen LogP) is 5.99. The molecule has 0 radical (unpaired) electrons. The maximum Gasteiger partial charge on any atom is 0.259 e. The Labute approximate surface area is 192 Å². The number of halogens is 1. The molecule has 164 valence electrons. The van der Waals surface area contributed by atoms with E-state index in [1.54, 1.807) is 30.1 Å². The van der Waals surface area contributed by atoms with Crippen molar-refractivity contribution in [3.05, 3.63) is 76.3 Å². The van der Waals surface area contributed by atoms with E-state index in [4.69, 9.17) is 16.3 Å². The number of aromatic nitrogens is 3. The molecule has 0 saturated carbocycles. The highest BCUT2D eigenvalue weighted by molar-refractivity contribution is 6.34. The minimum Gasteiger partial charge on any atom is -0.496 e. The van der Waals surface area contributed by atoms with E-state index in [-0.39, 0.29) is 5.91 Å². The van der Waals surface area contributed by atoms with Gasteiger partial charge in [-0.2, -0.15) is 4.80 Å². The van der Waals surface area contributed by atoms with Gasteiger partial charge >= 0.3 is 0 Å². The lowest BCUT2D eigenvalue weighted by Crippen LogP contribution is -2.14. The molecule has 0 bridgehead atoms. The lowest BCUT2D eigenvalue weighted by molar-refractivity contribution is 0.102. The maximum atomic E-state index is 12.9. The average Bonchev–Trinajstić information content (AvgIpc) is 3.20. The number of hydrogen-bond acceptors (Lipinski definition) is 4. The first-order chi connectivity index (χ1) is 15.5. The van der Waals surface area contributed by atoms with Gasteiger partial charge in [-0.3, -0.25) is 4.79 Å². The molecule has 0 unspecified atom stereocenters. The molecule has 1 heterocycles. The topological polar surface area (TPSA) is 69.0 Å². The quantitative estimate of drug-likeness (QED) is 0.377. The van der Waals surface area contributed by atoms with Crippen LogP contribution < -0.4 is 10.1 Å². The van der Waals surface area contributed by atoms with E-state index in [0.29, 0.717) is 33.1 Å². The molecular formula is C25H25ClN4O2. The molecule has 0 spiro atoms. The van der Waals surface area contributed by atoms with Crippen LogP contribution in [-0.2, 0) is 6.42 Å². The molecule has 6 nitrogen and oxygen atoms in total. The number of ether oxygens (including phenoxy) is 1. The van der Waals surface area contributed by atoms with Crippen LogP contribution in [0.4, 0.5) is 5.69 Å². The van der Waals surface area contributed by atoms with Crippen LogP contribution in [0.1, 0.15) is 41.3 Å². The third kappa shape index (κ3) is 4.46. The number of benzene rings is 3. The molecule has 1 amide bonds. The van der Waals surface area contributed by atoms with Crippen molar-refractivity contribution >= 4 is 34.2 Å². The van der Waals surface area contributed by atoms with Gasteiger partial charge in [0.25, 0.3) is 5.91 Å². The molecule has 0 aliphatic rings. The fraction of sp³-hybridized carbons (Fsp3) is 0.240. The van der Waals surface area contributed by atoms with Gasteiger partial charge in [0, 0.05) is 0 Å². The van der Waals surface area contributed by atoms with Gasteiger partial charge in [-0.1, -0.05) is 49.2 Å². The van der Waals surface area contributed by atoms with Crippen molar-refractivity contribution in [2.24, 2.45) is 0 Å². The van der Waals surface area contributed by atoms with Crippen LogP contribution >= 0.6 is 11.6 Å². The highest BCUT2D eigenvalue weighted by Gasteiger charge is 2.17. The van der Waals surface area contributed by atoms with E-state index < -0.39 is 0 Å². The predicted molar refractivity (Wildman–Crippen MR) is 128 cm³/mol. The van der Waals surface area contributed by atoms with Gasteiger partial charge in [0.2, 0.25) is 0 Å². The monoisotopic (exact) mass is 448 g/mol. The average molecular weight is 449 g/mol. The second kappa shape index (κ2) is 9.40. The van der Waals surface area contributed by atoms with Crippen LogP contribution in [0.3, 0.4) is 0 Å². The standard InChI is InChI=1S/C25H25ClN4O2/c1-4-5-8-17-10-12-18(13-11-17)30-28-22-14-20(26)21(15-23(22)29-30)27-25(31)19-9-6-7-16(2)24(19)32-3/h6-7,9-15H,4-5,8H2,1-3H3,(H,27,31). The number of aryl methyl sites for hydroxylation is 2. The smallest absolute Gasteiger partial charge is 0.259 e. The van der Waals surface area contributed by atoms with E-state index in [1.165, 1.54) is 18.4 Å². The number of methoxy groups -OCH3 is 1. The molecule has 32 heavy (non-hydrogen) atoms. The Bertz CT molecular complexity index is 1270. The minimum absolute atomic E-state index is 0.304. The van der Waals surface area contributed by atoms with E-state index in [0.717, 1.165) is 17.7 Å². The van der Waals surface area contributed by atoms with Crippen molar-refractivity contribution in [1.29, 1.82) is 0 Å². The normalized spacial score (nSPS) is 11.0. The summed E-state index contributed by atoms with van der Waals surface area (Å²) in [4.78, 5) is 14.5. The molecule has 0 atom stereocenters. The maximum absolute atomic E-state index is 12.9. The van der Waals surface area contributed by atoms with Gasteiger partial charge in [-0.25, -0.2) is 0 Å². The van der Waals surface area contributed by atoms with Crippen molar-refractivity contribution in [3.8, 4) is 11.4 Å². The zero-order valence-electron chi connectivity index (χ0n) is 18.4. The number of para-hydroxylation sites is 1. The number of carbonyl (C=O) groups excluding carboxylic acids is 1. The van der Waals surface area contributed by atoms with E-state index in [9.17, 15) is 4.79 Å². The molecule has 0 fully saturated rings. The molecule has 0 aliphatic carbocycles. The van der Waals surface area contributed by atoms with Gasteiger partial charge in [0.05, 0.1) is 29.1 Å². The first kappa shape index (κ1) is 21.8. The Morgan fingerprint density at radius 2 is 1.81 bits per heavy atom. The van der Waals surface area contributed by atoms with Crippen molar-refractivity contribution in [2.45, 2.75) is 33.1 Å². The first-order valence-electron chi connectivity index (χ1n) is 10.6. The number of carbonyl (C=O) groups is 1. The Morgan fingerprint density at radius 1 is 1.09 bits per heavy atom. The number of unbranched alkanes of at least 4 members (excludes halogenated alkanes) is 1. The Kier molecular flexibility index (Phi) is 6.42. The number of rotatable bonds is 7. The van der Waals surface area contributed by atoms with Gasteiger partial charge in [0.1, 0.15) is 16.8 Å². The van der Waals surface area contributed by atoms with Gasteiger partial charge < -0.3 is 10.1 Å². The van der Waals surface area contributed by atoms with Crippen molar-refractivity contribution in [1.82, 2.24) is 15.0 Å². The molecule has 0 aliphatic heterocycles. The number of amides is 1. The van der Waals surface area contributed by atoms with Gasteiger partial charge in [-0.05, 0) is 61.2 Å². The number of nitrogens with zero attached hydrogens (tertiary/aromatic N) is 3. The highest BCUT2D eigenvalue weighted by atomic mass is 35.5. The van der Waals surface area contributed by atoms with E-state index in [2.05, 4.69) is 34.6 Å². The van der Waals surface area contributed by atoms with Crippen LogP contribution in [0, 0.1) is 6.92 Å². The molecule has 3 aromatic carbocycles. The summed E-state index contributed by atoms with van der Waals surface area (Å²) in [5, 5.41) is 12.4. The highest BCUT2D eigenvalue weighted by Crippen LogP contribution is 2.29. The van der Waals surface area contributed by atoms with Crippen LogP contribution in [0.15, 0.2) is 54.6 Å². The van der Waals surface area contributed by atoms with Crippen molar-refractivity contribution in [3.63, 3.8) is 0 Å². The van der Waals surface area contributed by atoms with Crippen molar-refractivity contribution < 1.29 is 9.53 Å². The van der Waals surface area contributed by atoms with Crippen LogP contribution in [0.25, 0.3) is 16.7 Å². The Hall–Kier alpha value is -3.38. The summed E-state index contributed by atoms with van der Waals surface area (Å²) in [5.74, 6) is 0.234. The Morgan fingerprint density at radius 3 is 2.50 bits per heavy atom. The summed E-state index contributed by atoms with van der Waals surface area (Å²) in [7, 11) is 1.55. The molecule has 0 saturated heterocycles. The van der Waals surface area contributed by atoms with Crippen LogP contribution in [0.5, 0.6) is 5.75 Å². The van der Waals surface area contributed by atoms with E-state index in [1.807, 2.05) is 31.2 Å².